The maximum atomic E-state index is 12.6. The van der Waals surface area contributed by atoms with Gasteiger partial charge in [0.25, 0.3) is 0 Å². The number of fused-ring (bicyclic) bond motifs is 1. The molecule has 4 heteroatoms. The molecule has 0 aromatic heterocycles. The first kappa shape index (κ1) is 18.9. The molecule has 0 saturated heterocycles. The predicted octanol–water partition coefficient (Wildman–Crippen LogP) is 5.93. The van der Waals surface area contributed by atoms with E-state index in [4.69, 9.17) is 4.74 Å². The summed E-state index contributed by atoms with van der Waals surface area (Å²) < 4.78 is 6.44. The van der Waals surface area contributed by atoms with E-state index in [-0.39, 0.29) is 18.5 Å². The lowest BCUT2D eigenvalue weighted by Crippen LogP contribution is -2.26. The lowest BCUT2D eigenvalue weighted by atomic mass is 9.96. The number of nitrogens with zero attached hydrogens (tertiary/aromatic N) is 1. The average Bonchev–Trinajstić information content (AvgIpc) is 2.72. The van der Waals surface area contributed by atoms with Gasteiger partial charge < -0.3 is 9.64 Å². The van der Waals surface area contributed by atoms with Crippen LogP contribution in [0.2, 0.25) is 0 Å². The third-order valence-corrected chi connectivity index (χ3v) is 5.91. The molecule has 3 nitrogen and oxygen atoms in total. The molecule has 0 spiro atoms. The number of carbonyl (C=O) groups excluding carboxylic acids is 1. The van der Waals surface area contributed by atoms with Crippen LogP contribution in [-0.2, 0) is 17.8 Å². The fraction of sp³-hybridized carbons (Fsp3) is 0.208. The molecule has 28 heavy (non-hydrogen) atoms. The van der Waals surface area contributed by atoms with Crippen molar-refractivity contribution in [3.63, 3.8) is 0 Å². The molecule has 1 aliphatic heterocycles. The molecule has 1 atom stereocenters. The highest BCUT2D eigenvalue weighted by Crippen LogP contribution is 2.39. The second-order valence-corrected chi connectivity index (χ2v) is 7.86. The lowest BCUT2D eigenvalue weighted by Gasteiger charge is -2.30. The Morgan fingerprint density at radius 2 is 1.50 bits per heavy atom. The van der Waals surface area contributed by atoms with Crippen molar-refractivity contribution in [2.75, 3.05) is 11.5 Å². The molecule has 3 aromatic carbocycles. The minimum atomic E-state index is -0.0743. The molecule has 0 fully saturated rings. The number of Topliss-reactive ketones (excluding diaryl/α,β-unsaturated/α-hetero) is 1. The number of hydrogen-bond acceptors (Lipinski definition) is 3. The Morgan fingerprint density at radius 1 is 0.929 bits per heavy atom. The monoisotopic (exact) mass is 435 g/mol. The highest BCUT2D eigenvalue weighted by molar-refractivity contribution is 9.10. The van der Waals surface area contributed by atoms with E-state index in [1.165, 1.54) is 11.1 Å². The molecule has 0 aliphatic carbocycles. The fourth-order valence-electron chi connectivity index (χ4n) is 3.64. The summed E-state index contributed by atoms with van der Waals surface area (Å²) in [4.78, 5) is 14.9. The number of benzene rings is 3. The molecule has 0 bridgehead atoms. The average molecular weight is 436 g/mol. The molecule has 1 heterocycles. The summed E-state index contributed by atoms with van der Waals surface area (Å²) in [6.07, 6.45) is -0.0743. The summed E-state index contributed by atoms with van der Waals surface area (Å²) in [5.74, 6) is 0.0289. The molecular weight excluding hydrogens is 414 g/mol. The molecule has 0 saturated carbocycles. The number of anilines is 1. The molecule has 1 aliphatic rings. The molecule has 1 unspecified atom stereocenters. The Labute approximate surface area is 174 Å². The van der Waals surface area contributed by atoms with Gasteiger partial charge in [-0.2, -0.15) is 0 Å². The minimum Gasteiger partial charge on any atom is -0.366 e. The summed E-state index contributed by atoms with van der Waals surface area (Å²) in [5, 5.41) is 0. The van der Waals surface area contributed by atoms with E-state index in [1.807, 2.05) is 25.1 Å². The van der Waals surface area contributed by atoms with Crippen LogP contribution in [0.4, 0.5) is 5.69 Å². The zero-order valence-corrected chi connectivity index (χ0v) is 17.4. The summed E-state index contributed by atoms with van der Waals surface area (Å²) in [6.45, 7) is 3.64. The fourth-order valence-corrected chi connectivity index (χ4v) is 4.48. The molecule has 0 amide bonds. The number of ketones is 1. The van der Waals surface area contributed by atoms with Crippen LogP contribution in [0, 0.1) is 0 Å². The van der Waals surface area contributed by atoms with Crippen molar-refractivity contribution in [3.05, 3.63) is 99.5 Å². The van der Waals surface area contributed by atoms with Gasteiger partial charge >= 0.3 is 0 Å². The molecular formula is C24H22BrNO2. The van der Waals surface area contributed by atoms with Gasteiger partial charge in [-0.15, -0.1) is 0 Å². The van der Waals surface area contributed by atoms with Crippen LogP contribution in [0.25, 0.3) is 0 Å². The third kappa shape index (κ3) is 3.89. The van der Waals surface area contributed by atoms with E-state index in [9.17, 15) is 4.79 Å². The van der Waals surface area contributed by atoms with Gasteiger partial charge in [0.2, 0.25) is 0 Å². The second kappa shape index (κ2) is 8.29. The Hall–Kier alpha value is -2.43. The van der Waals surface area contributed by atoms with Crippen molar-refractivity contribution in [2.45, 2.75) is 26.1 Å². The predicted molar refractivity (Wildman–Crippen MR) is 116 cm³/mol. The summed E-state index contributed by atoms with van der Waals surface area (Å²) in [6, 6.07) is 24.9. The van der Waals surface area contributed by atoms with Gasteiger partial charge in [-0.1, -0.05) is 66.7 Å². The number of carbonyl (C=O) groups is 1. The van der Waals surface area contributed by atoms with Crippen molar-refractivity contribution in [2.24, 2.45) is 0 Å². The summed E-state index contributed by atoms with van der Waals surface area (Å²) in [5.41, 5.74) is 5.18. The standard InChI is InChI=1S/C24H22BrNO2/c1-17-20-12-13-21(24(25)23(20)22(27)16-28-17)26(14-18-8-4-2-5-9-18)15-19-10-6-3-7-11-19/h2-13,17H,14-16H2,1H3. The first-order chi connectivity index (χ1) is 13.6. The van der Waals surface area contributed by atoms with Gasteiger partial charge in [0, 0.05) is 18.7 Å². The van der Waals surface area contributed by atoms with E-state index < -0.39 is 0 Å². The summed E-state index contributed by atoms with van der Waals surface area (Å²) >= 11 is 3.74. The van der Waals surface area contributed by atoms with E-state index in [0.29, 0.717) is 0 Å². The highest BCUT2D eigenvalue weighted by Gasteiger charge is 2.28. The van der Waals surface area contributed by atoms with Gasteiger partial charge in [-0.25, -0.2) is 0 Å². The third-order valence-electron chi connectivity index (χ3n) is 5.11. The van der Waals surface area contributed by atoms with Crippen molar-refractivity contribution in [1.82, 2.24) is 0 Å². The SMILES string of the molecule is CC1OCC(=O)c2c1ccc(N(Cc1ccccc1)Cc1ccccc1)c2Br. The van der Waals surface area contributed by atoms with E-state index >= 15 is 0 Å². The molecule has 3 aromatic rings. The largest absolute Gasteiger partial charge is 0.366 e. The van der Waals surface area contributed by atoms with Crippen LogP contribution in [0.1, 0.15) is 40.1 Å². The zero-order valence-electron chi connectivity index (χ0n) is 15.8. The van der Waals surface area contributed by atoms with Crippen LogP contribution >= 0.6 is 15.9 Å². The van der Waals surface area contributed by atoms with Gasteiger partial charge in [-0.3, -0.25) is 4.79 Å². The van der Waals surface area contributed by atoms with E-state index in [1.54, 1.807) is 0 Å². The van der Waals surface area contributed by atoms with Gasteiger partial charge in [-0.05, 0) is 45.6 Å². The number of halogens is 1. The Balaban J connectivity index is 1.75. The maximum absolute atomic E-state index is 12.6. The normalized spacial score (nSPS) is 15.9. The van der Waals surface area contributed by atoms with Gasteiger partial charge in [0.15, 0.2) is 5.78 Å². The topological polar surface area (TPSA) is 29.5 Å². The molecule has 142 valence electrons. The van der Waals surface area contributed by atoms with Crippen LogP contribution < -0.4 is 4.90 Å². The first-order valence-electron chi connectivity index (χ1n) is 9.43. The smallest absolute Gasteiger partial charge is 0.190 e. The quantitative estimate of drug-likeness (QED) is 0.497. The highest BCUT2D eigenvalue weighted by atomic mass is 79.9. The Morgan fingerprint density at radius 3 is 2.07 bits per heavy atom. The van der Waals surface area contributed by atoms with Crippen molar-refractivity contribution >= 4 is 27.4 Å². The van der Waals surface area contributed by atoms with Crippen LogP contribution in [0.15, 0.2) is 77.3 Å². The lowest BCUT2D eigenvalue weighted by molar-refractivity contribution is 0.0435. The van der Waals surface area contributed by atoms with Crippen molar-refractivity contribution in [3.8, 4) is 0 Å². The number of ether oxygens (including phenoxy) is 1. The van der Waals surface area contributed by atoms with Crippen LogP contribution in [-0.4, -0.2) is 12.4 Å². The molecule has 0 radical (unpaired) electrons. The van der Waals surface area contributed by atoms with Gasteiger partial charge in [0.1, 0.15) is 6.61 Å². The Bertz CT molecular complexity index is 931. The van der Waals surface area contributed by atoms with E-state index in [0.717, 1.165) is 34.4 Å². The number of rotatable bonds is 5. The van der Waals surface area contributed by atoms with Crippen LogP contribution in [0.3, 0.4) is 0 Å². The number of hydrogen-bond donors (Lipinski definition) is 0. The van der Waals surface area contributed by atoms with Crippen molar-refractivity contribution in [1.29, 1.82) is 0 Å². The van der Waals surface area contributed by atoms with E-state index in [2.05, 4.69) is 75.4 Å². The zero-order chi connectivity index (χ0) is 19.5. The molecule has 0 N–H and O–H groups in total. The van der Waals surface area contributed by atoms with Crippen LogP contribution in [0.5, 0.6) is 0 Å². The minimum absolute atomic E-state index is 0.0289. The first-order valence-corrected chi connectivity index (χ1v) is 10.2. The maximum Gasteiger partial charge on any atom is 0.190 e. The van der Waals surface area contributed by atoms with Crippen molar-refractivity contribution < 1.29 is 9.53 Å². The molecule has 4 rings (SSSR count). The summed E-state index contributed by atoms with van der Waals surface area (Å²) in [7, 11) is 0. The second-order valence-electron chi connectivity index (χ2n) is 7.07. The Kier molecular flexibility index (Phi) is 5.60. The van der Waals surface area contributed by atoms with Gasteiger partial charge in [0.05, 0.1) is 16.3 Å².